The maximum Gasteiger partial charge on any atom is 0.255 e. The van der Waals surface area contributed by atoms with Gasteiger partial charge in [-0.3, -0.25) is 9.59 Å². The van der Waals surface area contributed by atoms with E-state index in [2.05, 4.69) is 10.6 Å². The first-order chi connectivity index (χ1) is 13.5. The first kappa shape index (κ1) is 18.2. The van der Waals surface area contributed by atoms with Gasteiger partial charge in [-0.1, -0.05) is 35.9 Å². The number of benzene rings is 3. The quantitative estimate of drug-likeness (QED) is 0.681. The molecule has 4 rings (SSSR count). The fourth-order valence-electron chi connectivity index (χ4n) is 3.32. The number of amides is 2. The summed E-state index contributed by atoms with van der Waals surface area (Å²) < 4.78 is 13.1. The molecule has 6 heteroatoms. The molecule has 4 nitrogen and oxygen atoms in total. The van der Waals surface area contributed by atoms with Crippen molar-refractivity contribution in [3.63, 3.8) is 0 Å². The number of carbonyl (C=O) groups is 2. The van der Waals surface area contributed by atoms with Gasteiger partial charge in [-0.2, -0.15) is 0 Å². The highest BCUT2D eigenvalue weighted by molar-refractivity contribution is 6.31. The fourth-order valence-corrected chi connectivity index (χ4v) is 3.52. The van der Waals surface area contributed by atoms with Gasteiger partial charge < -0.3 is 10.6 Å². The van der Waals surface area contributed by atoms with Crippen LogP contribution in [0.2, 0.25) is 5.02 Å². The van der Waals surface area contributed by atoms with Gasteiger partial charge in [0.2, 0.25) is 0 Å². The van der Waals surface area contributed by atoms with Gasteiger partial charge >= 0.3 is 0 Å². The summed E-state index contributed by atoms with van der Waals surface area (Å²) >= 11 is 6.27. The van der Waals surface area contributed by atoms with E-state index < -0.39 is 11.7 Å². The number of hydrogen-bond donors (Lipinski definition) is 2. The number of rotatable bonds is 4. The van der Waals surface area contributed by atoms with Crippen molar-refractivity contribution in [3.8, 4) is 0 Å². The molecule has 0 saturated carbocycles. The first-order valence-corrected chi connectivity index (χ1v) is 9.14. The highest BCUT2D eigenvalue weighted by atomic mass is 35.5. The van der Waals surface area contributed by atoms with Gasteiger partial charge in [0.25, 0.3) is 11.8 Å². The molecule has 28 heavy (non-hydrogen) atoms. The Morgan fingerprint density at radius 1 is 1.04 bits per heavy atom. The van der Waals surface area contributed by atoms with Crippen molar-refractivity contribution in [3.05, 3.63) is 99.3 Å². The molecular formula is C22H16ClFN2O2. The van der Waals surface area contributed by atoms with Gasteiger partial charge in [0.15, 0.2) is 0 Å². The summed E-state index contributed by atoms with van der Waals surface area (Å²) in [5, 5.41) is 6.25. The molecule has 0 fully saturated rings. The molecule has 140 valence electrons. The summed E-state index contributed by atoms with van der Waals surface area (Å²) in [6.07, 6.45) is 0.586. The van der Waals surface area contributed by atoms with Crippen molar-refractivity contribution in [2.75, 3.05) is 5.32 Å². The minimum absolute atomic E-state index is 0.231. The van der Waals surface area contributed by atoms with E-state index in [1.165, 1.54) is 24.3 Å². The van der Waals surface area contributed by atoms with Crippen LogP contribution in [0.25, 0.3) is 0 Å². The Balaban J connectivity index is 1.66. The summed E-state index contributed by atoms with van der Waals surface area (Å²) in [7, 11) is 0. The average molecular weight is 395 g/mol. The van der Waals surface area contributed by atoms with E-state index in [-0.39, 0.29) is 5.91 Å². The van der Waals surface area contributed by atoms with Crippen LogP contribution in [0, 0.1) is 5.82 Å². The SMILES string of the molecule is O=C(Nc1ccc(Cc2ccccc2Cl)c2c1C(=O)NC2)c1ccc(F)cc1. The molecule has 0 radical (unpaired) electrons. The normalized spacial score (nSPS) is 12.4. The molecule has 3 aromatic rings. The maximum atomic E-state index is 13.1. The summed E-state index contributed by atoms with van der Waals surface area (Å²) in [5.74, 6) is -1.05. The Morgan fingerprint density at radius 3 is 2.54 bits per heavy atom. The van der Waals surface area contributed by atoms with Crippen LogP contribution >= 0.6 is 11.6 Å². The highest BCUT2D eigenvalue weighted by Crippen LogP contribution is 2.30. The third-order valence-corrected chi connectivity index (χ3v) is 5.12. The Morgan fingerprint density at radius 2 is 1.79 bits per heavy atom. The standard InChI is InChI=1S/C22H16ClFN2O2/c23-18-4-2-1-3-15(18)11-14-7-10-19(20-17(14)12-25-22(20)28)26-21(27)13-5-8-16(24)9-6-13/h1-10H,11-12H2,(H,25,28)(H,26,27). The number of nitrogens with one attached hydrogen (secondary N) is 2. The van der Waals surface area contributed by atoms with Gasteiger partial charge in [-0.05, 0) is 59.5 Å². The Hall–Kier alpha value is -3.18. The lowest BCUT2D eigenvalue weighted by molar-refractivity contribution is 0.0966. The van der Waals surface area contributed by atoms with Gasteiger partial charge in [0.1, 0.15) is 5.82 Å². The van der Waals surface area contributed by atoms with Crippen molar-refractivity contribution >= 4 is 29.1 Å². The van der Waals surface area contributed by atoms with E-state index in [9.17, 15) is 14.0 Å². The molecule has 0 unspecified atom stereocenters. The Bertz CT molecular complexity index is 1080. The van der Waals surface area contributed by atoms with Crippen molar-refractivity contribution in [2.24, 2.45) is 0 Å². The van der Waals surface area contributed by atoms with Crippen LogP contribution in [0.4, 0.5) is 10.1 Å². The van der Waals surface area contributed by atoms with Gasteiger partial charge in [-0.25, -0.2) is 4.39 Å². The van der Waals surface area contributed by atoms with Crippen molar-refractivity contribution in [1.82, 2.24) is 5.32 Å². The zero-order chi connectivity index (χ0) is 19.7. The number of carbonyl (C=O) groups excluding carboxylic acids is 2. The lowest BCUT2D eigenvalue weighted by atomic mass is 9.95. The first-order valence-electron chi connectivity index (χ1n) is 8.76. The molecule has 1 aliphatic heterocycles. The number of fused-ring (bicyclic) bond motifs is 1. The molecule has 0 aliphatic carbocycles. The zero-order valence-electron chi connectivity index (χ0n) is 14.8. The van der Waals surface area contributed by atoms with Crippen molar-refractivity contribution < 1.29 is 14.0 Å². The molecule has 0 spiro atoms. The molecule has 0 atom stereocenters. The van der Waals surface area contributed by atoms with Gasteiger partial charge in [0.05, 0.1) is 11.3 Å². The lowest BCUT2D eigenvalue weighted by Gasteiger charge is -2.13. The largest absolute Gasteiger partial charge is 0.348 e. The van der Waals surface area contributed by atoms with Crippen LogP contribution in [-0.2, 0) is 13.0 Å². The molecule has 2 N–H and O–H groups in total. The second-order valence-electron chi connectivity index (χ2n) is 6.54. The monoisotopic (exact) mass is 394 g/mol. The zero-order valence-corrected chi connectivity index (χ0v) is 15.5. The van der Waals surface area contributed by atoms with E-state index in [1.807, 2.05) is 30.3 Å². The number of halogens is 2. The average Bonchev–Trinajstić information content (AvgIpc) is 3.08. The van der Waals surface area contributed by atoms with E-state index >= 15 is 0 Å². The molecule has 0 saturated heterocycles. The van der Waals surface area contributed by atoms with E-state index in [4.69, 9.17) is 11.6 Å². The predicted octanol–water partition coefficient (Wildman–Crippen LogP) is 4.57. The number of hydrogen-bond acceptors (Lipinski definition) is 2. The summed E-state index contributed by atoms with van der Waals surface area (Å²) in [5.41, 5.74) is 3.99. The van der Waals surface area contributed by atoms with E-state index in [0.29, 0.717) is 34.8 Å². The number of anilines is 1. The molecular weight excluding hydrogens is 379 g/mol. The van der Waals surface area contributed by atoms with E-state index in [0.717, 1.165) is 16.7 Å². The second-order valence-corrected chi connectivity index (χ2v) is 6.94. The van der Waals surface area contributed by atoms with Crippen molar-refractivity contribution in [1.29, 1.82) is 0 Å². The minimum Gasteiger partial charge on any atom is -0.348 e. The Kier molecular flexibility index (Phi) is 4.84. The third kappa shape index (κ3) is 3.49. The van der Waals surface area contributed by atoms with Crippen LogP contribution < -0.4 is 10.6 Å². The van der Waals surface area contributed by atoms with E-state index in [1.54, 1.807) is 6.07 Å². The summed E-state index contributed by atoms with van der Waals surface area (Å²) in [6, 6.07) is 16.4. The predicted molar refractivity (Wildman–Crippen MR) is 106 cm³/mol. The van der Waals surface area contributed by atoms with Crippen LogP contribution in [0.15, 0.2) is 60.7 Å². The fraction of sp³-hybridized carbons (Fsp3) is 0.0909. The van der Waals surface area contributed by atoms with Crippen molar-refractivity contribution in [2.45, 2.75) is 13.0 Å². The summed E-state index contributed by atoms with van der Waals surface area (Å²) in [6.45, 7) is 0.397. The molecule has 0 bridgehead atoms. The lowest BCUT2D eigenvalue weighted by Crippen LogP contribution is -2.17. The van der Waals surface area contributed by atoms with Crippen LogP contribution in [0.1, 0.15) is 37.4 Å². The molecule has 1 aliphatic rings. The maximum absolute atomic E-state index is 13.1. The summed E-state index contributed by atoms with van der Waals surface area (Å²) in [4.78, 5) is 24.9. The minimum atomic E-state index is -0.416. The third-order valence-electron chi connectivity index (χ3n) is 4.76. The smallest absolute Gasteiger partial charge is 0.255 e. The van der Waals surface area contributed by atoms with Crippen LogP contribution in [-0.4, -0.2) is 11.8 Å². The van der Waals surface area contributed by atoms with Gasteiger partial charge in [-0.15, -0.1) is 0 Å². The molecule has 2 amide bonds. The van der Waals surface area contributed by atoms with Crippen LogP contribution in [0.3, 0.4) is 0 Å². The second kappa shape index (κ2) is 7.44. The Labute approximate surface area is 166 Å². The molecule has 3 aromatic carbocycles. The molecule has 0 aromatic heterocycles. The van der Waals surface area contributed by atoms with Crippen LogP contribution in [0.5, 0.6) is 0 Å². The molecule has 1 heterocycles. The topological polar surface area (TPSA) is 58.2 Å². The van der Waals surface area contributed by atoms with Gasteiger partial charge in [0, 0.05) is 17.1 Å². The highest BCUT2D eigenvalue weighted by Gasteiger charge is 2.26.